The molecule has 7 heteroatoms. The molecule has 0 atom stereocenters. The van der Waals surface area contributed by atoms with Gasteiger partial charge in [0.1, 0.15) is 16.9 Å². The minimum absolute atomic E-state index is 0.151. The Kier molecular flexibility index (Phi) is 4.07. The highest BCUT2D eigenvalue weighted by Gasteiger charge is 2.26. The van der Waals surface area contributed by atoms with Gasteiger partial charge < -0.3 is 14.8 Å². The molecule has 1 aromatic rings. The van der Waals surface area contributed by atoms with E-state index in [1.807, 2.05) is 0 Å². The smallest absolute Gasteiger partial charge is 0.343 e. The van der Waals surface area contributed by atoms with Crippen molar-refractivity contribution >= 4 is 17.8 Å². The minimum Gasteiger partial charge on any atom is -0.462 e. The number of fused-ring (bicyclic) bond motifs is 1. The van der Waals surface area contributed by atoms with Crippen LogP contribution in [0.4, 0.5) is 5.82 Å². The van der Waals surface area contributed by atoms with Gasteiger partial charge in [0.25, 0.3) is 5.56 Å². The lowest BCUT2D eigenvalue weighted by Crippen LogP contribution is -2.28. The summed E-state index contributed by atoms with van der Waals surface area (Å²) in [4.78, 5) is 35.9. The van der Waals surface area contributed by atoms with Gasteiger partial charge in [-0.1, -0.05) is 0 Å². The topological polar surface area (TPSA) is 86.6 Å². The van der Waals surface area contributed by atoms with Crippen LogP contribution < -0.4 is 10.9 Å². The number of rotatable bonds is 4. The Balaban J connectivity index is 2.55. The minimum atomic E-state index is -0.731. The predicted molar refractivity (Wildman–Crippen MR) is 71.1 cm³/mol. The maximum atomic E-state index is 12.2. The average molecular weight is 280 g/mol. The van der Waals surface area contributed by atoms with Gasteiger partial charge in [0, 0.05) is 13.1 Å². The van der Waals surface area contributed by atoms with E-state index in [4.69, 9.17) is 9.47 Å². The maximum Gasteiger partial charge on any atom is 0.343 e. The van der Waals surface area contributed by atoms with Crippen LogP contribution in [0.3, 0.4) is 0 Å². The molecule has 1 aliphatic heterocycles. The molecule has 1 aromatic heterocycles. The molecule has 20 heavy (non-hydrogen) atoms. The van der Waals surface area contributed by atoms with Crippen LogP contribution >= 0.6 is 0 Å². The standard InChI is InChI=1S/C13H16N2O5/c1-3-19-12(17)8-7-9(13(18)20-4-2)11(16)15-6-5-14-10(8)15/h7,14H,3-6H2,1-2H3. The SMILES string of the molecule is CCOC(=O)c1cc(C(=O)OCC)c(=O)n2c1NCC2. The Morgan fingerprint density at radius 1 is 1.20 bits per heavy atom. The highest BCUT2D eigenvalue weighted by atomic mass is 16.5. The summed E-state index contributed by atoms with van der Waals surface area (Å²) < 4.78 is 11.1. The van der Waals surface area contributed by atoms with Gasteiger partial charge in [-0.25, -0.2) is 9.59 Å². The molecule has 0 spiro atoms. The Labute approximate surface area is 115 Å². The van der Waals surface area contributed by atoms with Gasteiger partial charge in [-0.05, 0) is 19.9 Å². The molecule has 7 nitrogen and oxygen atoms in total. The first-order valence-electron chi connectivity index (χ1n) is 6.46. The second kappa shape index (κ2) is 5.77. The second-order valence-electron chi connectivity index (χ2n) is 4.14. The van der Waals surface area contributed by atoms with Crippen LogP contribution in [0.15, 0.2) is 10.9 Å². The molecule has 1 N–H and O–H groups in total. The number of esters is 2. The molecule has 0 bridgehead atoms. The number of hydrogen-bond donors (Lipinski definition) is 1. The summed E-state index contributed by atoms with van der Waals surface area (Å²) in [5, 5.41) is 2.96. The zero-order valence-electron chi connectivity index (χ0n) is 11.4. The van der Waals surface area contributed by atoms with Gasteiger partial charge in [0.15, 0.2) is 0 Å². The Morgan fingerprint density at radius 3 is 2.40 bits per heavy atom. The molecule has 0 unspecified atom stereocenters. The van der Waals surface area contributed by atoms with Crippen molar-refractivity contribution in [3.05, 3.63) is 27.5 Å². The molecule has 2 rings (SSSR count). The van der Waals surface area contributed by atoms with Gasteiger partial charge in [-0.2, -0.15) is 0 Å². The van der Waals surface area contributed by atoms with Crippen molar-refractivity contribution in [1.29, 1.82) is 0 Å². The van der Waals surface area contributed by atoms with Gasteiger partial charge in [0.05, 0.1) is 13.2 Å². The van der Waals surface area contributed by atoms with Crippen LogP contribution in [0.2, 0.25) is 0 Å². The first-order valence-corrected chi connectivity index (χ1v) is 6.46. The molecule has 0 saturated heterocycles. The number of nitrogens with zero attached hydrogens (tertiary/aromatic N) is 1. The van der Waals surface area contributed by atoms with Crippen molar-refractivity contribution in [3.8, 4) is 0 Å². The first kappa shape index (κ1) is 14.1. The lowest BCUT2D eigenvalue weighted by Gasteiger charge is -2.11. The average Bonchev–Trinajstić information content (AvgIpc) is 2.89. The maximum absolute atomic E-state index is 12.2. The fraction of sp³-hybridized carbons (Fsp3) is 0.462. The van der Waals surface area contributed by atoms with Crippen molar-refractivity contribution in [2.24, 2.45) is 0 Å². The number of nitrogens with one attached hydrogen (secondary N) is 1. The van der Waals surface area contributed by atoms with E-state index in [2.05, 4.69) is 5.32 Å². The van der Waals surface area contributed by atoms with Crippen LogP contribution in [0.5, 0.6) is 0 Å². The van der Waals surface area contributed by atoms with Crippen molar-refractivity contribution in [2.45, 2.75) is 20.4 Å². The lowest BCUT2D eigenvalue weighted by molar-refractivity contribution is 0.0523. The number of ether oxygens (including phenoxy) is 2. The molecule has 0 aromatic carbocycles. The Bertz CT molecular complexity index is 606. The molecule has 0 aliphatic carbocycles. The highest BCUT2D eigenvalue weighted by Crippen LogP contribution is 2.20. The van der Waals surface area contributed by atoms with Crippen molar-refractivity contribution in [1.82, 2.24) is 4.57 Å². The monoisotopic (exact) mass is 280 g/mol. The van der Waals surface area contributed by atoms with E-state index in [1.165, 1.54) is 10.6 Å². The van der Waals surface area contributed by atoms with Crippen LogP contribution in [-0.2, 0) is 16.0 Å². The quantitative estimate of drug-likeness (QED) is 0.814. The third-order valence-electron chi connectivity index (χ3n) is 2.91. The number of hydrogen-bond acceptors (Lipinski definition) is 6. The lowest BCUT2D eigenvalue weighted by atomic mass is 10.1. The molecular weight excluding hydrogens is 264 g/mol. The fourth-order valence-electron chi connectivity index (χ4n) is 2.08. The Morgan fingerprint density at radius 2 is 1.80 bits per heavy atom. The van der Waals surface area contributed by atoms with Crippen LogP contribution in [0.25, 0.3) is 0 Å². The zero-order valence-corrected chi connectivity index (χ0v) is 11.4. The largest absolute Gasteiger partial charge is 0.462 e. The Hall–Kier alpha value is -2.31. The number of aromatic nitrogens is 1. The summed E-state index contributed by atoms with van der Waals surface area (Å²) in [5.74, 6) is -0.914. The van der Waals surface area contributed by atoms with Gasteiger partial charge >= 0.3 is 11.9 Å². The molecule has 0 saturated carbocycles. The van der Waals surface area contributed by atoms with Crippen molar-refractivity contribution < 1.29 is 19.1 Å². The van der Waals surface area contributed by atoms with E-state index in [-0.39, 0.29) is 24.3 Å². The summed E-state index contributed by atoms with van der Waals surface area (Å²) in [7, 11) is 0. The number of pyridine rings is 1. The normalized spacial score (nSPS) is 12.5. The van der Waals surface area contributed by atoms with Crippen LogP contribution in [-0.4, -0.2) is 36.3 Å². The zero-order chi connectivity index (χ0) is 14.7. The van der Waals surface area contributed by atoms with Gasteiger partial charge in [-0.15, -0.1) is 0 Å². The van der Waals surface area contributed by atoms with Crippen LogP contribution in [0.1, 0.15) is 34.6 Å². The van der Waals surface area contributed by atoms with Gasteiger partial charge in [0.2, 0.25) is 0 Å². The van der Waals surface area contributed by atoms with Crippen molar-refractivity contribution in [2.75, 3.05) is 25.1 Å². The molecule has 2 heterocycles. The predicted octanol–water partition coefficient (Wildman–Crippen LogP) is 0.627. The second-order valence-corrected chi connectivity index (χ2v) is 4.14. The van der Waals surface area contributed by atoms with E-state index in [0.29, 0.717) is 18.9 Å². The van der Waals surface area contributed by atoms with E-state index in [1.54, 1.807) is 13.8 Å². The highest BCUT2D eigenvalue weighted by molar-refractivity contribution is 5.98. The summed E-state index contributed by atoms with van der Waals surface area (Å²) >= 11 is 0. The van der Waals surface area contributed by atoms with E-state index in [0.717, 1.165) is 0 Å². The molecule has 0 amide bonds. The summed E-state index contributed by atoms with van der Waals surface area (Å²) in [6.07, 6.45) is 0. The number of carbonyl (C=O) groups excluding carboxylic acids is 2. The third kappa shape index (κ3) is 2.38. The number of carbonyl (C=O) groups is 2. The fourth-order valence-corrected chi connectivity index (χ4v) is 2.08. The summed E-state index contributed by atoms with van der Waals surface area (Å²) in [6.45, 7) is 4.63. The number of anilines is 1. The molecule has 0 fully saturated rings. The van der Waals surface area contributed by atoms with Gasteiger partial charge in [-0.3, -0.25) is 9.36 Å². The molecule has 1 aliphatic rings. The molecular formula is C13H16N2O5. The first-order chi connectivity index (χ1) is 9.60. The molecule has 108 valence electrons. The van der Waals surface area contributed by atoms with Crippen LogP contribution in [0, 0.1) is 0 Å². The van der Waals surface area contributed by atoms with Crippen molar-refractivity contribution in [3.63, 3.8) is 0 Å². The third-order valence-corrected chi connectivity index (χ3v) is 2.91. The van der Waals surface area contributed by atoms with E-state index < -0.39 is 17.5 Å². The molecule has 0 radical (unpaired) electrons. The summed E-state index contributed by atoms with van der Waals surface area (Å²) in [5.41, 5.74) is -0.439. The van der Waals surface area contributed by atoms with E-state index in [9.17, 15) is 14.4 Å². The summed E-state index contributed by atoms with van der Waals surface area (Å²) in [6, 6.07) is 1.24. The van der Waals surface area contributed by atoms with E-state index >= 15 is 0 Å².